The highest BCUT2D eigenvalue weighted by Gasteiger charge is 2.35. The number of amides is 1. The highest BCUT2D eigenvalue weighted by molar-refractivity contribution is 7.89. The Labute approximate surface area is 154 Å². The third-order valence-corrected chi connectivity index (χ3v) is 6.43. The molecule has 7 nitrogen and oxygen atoms in total. The van der Waals surface area contributed by atoms with Gasteiger partial charge < -0.3 is 10.2 Å². The van der Waals surface area contributed by atoms with Crippen LogP contribution < -0.4 is 5.32 Å². The Balaban J connectivity index is 0.00000225. The van der Waals surface area contributed by atoms with Crippen LogP contribution in [0.1, 0.15) is 18.4 Å². The fraction of sp³-hybridized carbons (Fsp3) is 0.500. The van der Waals surface area contributed by atoms with Gasteiger partial charge in [0, 0.05) is 32.2 Å². The van der Waals surface area contributed by atoms with Crippen molar-refractivity contribution in [1.82, 2.24) is 14.5 Å². The molecule has 1 atom stereocenters. The van der Waals surface area contributed by atoms with Gasteiger partial charge in [-0.15, -0.1) is 12.4 Å². The highest BCUT2D eigenvalue weighted by Crippen LogP contribution is 2.23. The minimum absolute atomic E-state index is 0. The van der Waals surface area contributed by atoms with E-state index in [-0.39, 0.29) is 29.3 Å². The van der Waals surface area contributed by atoms with Crippen LogP contribution in [0.15, 0.2) is 29.2 Å². The van der Waals surface area contributed by atoms with Crippen LogP contribution in [0.25, 0.3) is 0 Å². The number of carbonyl (C=O) groups is 1. The first-order valence-corrected chi connectivity index (χ1v) is 9.47. The zero-order valence-corrected chi connectivity index (χ0v) is 15.4. The van der Waals surface area contributed by atoms with E-state index in [1.807, 2.05) is 6.07 Å². The number of carbonyl (C=O) groups excluding carboxylic acids is 1. The smallest absolute Gasteiger partial charge is 0.243 e. The van der Waals surface area contributed by atoms with Crippen molar-refractivity contribution < 1.29 is 13.2 Å². The lowest BCUT2D eigenvalue weighted by molar-refractivity contribution is -0.135. The van der Waals surface area contributed by atoms with E-state index in [0.29, 0.717) is 31.7 Å². The lowest BCUT2D eigenvalue weighted by Gasteiger charge is -2.40. The van der Waals surface area contributed by atoms with Gasteiger partial charge in [0.2, 0.25) is 15.9 Å². The third kappa shape index (κ3) is 4.12. The molecule has 1 aromatic carbocycles. The summed E-state index contributed by atoms with van der Waals surface area (Å²) in [6, 6.07) is 7.86. The summed E-state index contributed by atoms with van der Waals surface area (Å²) in [6.07, 6.45) is 1.56. The van der Waals surface area contributed by atoms with E-state index in [1.54, 1.807) is 4.90 Å². The molecule has 0 bridgehead atoms. The van der Waals surface area contributed by atoms with Gasteiger partial charge in [0.05, 0.1) is 23.1 Å². The second-order valence-corrected chi connectivity index (χ2v) is 8.00. The normalized spacial score (nSPS) is 22.1. The summed E-state index contributed by atoms with van der Waals surface area (Å²) in [7, 11) is -3.61. The van der Waals surface area contributed by atoms with Gasteiger partial charge in [-0.2, -0.15) is 9.57 Å². The number of sulfonamides is 1. The van der Waals surface area contributed by atoms with Crippen molar-refractivity contribution in [2.45, 2.75) is 23.8 Å². The molecule has 2 saturated heterocycles. The lowest BCUT2D eigenvalue weighted by Crippen LogP contribution is -2.57. The van der Waals surface area contributed by atoms with Crippen LogP contribution in [-0.2, 0) is 14.8 Å². The van der Waals surface area contributed by atoms with E-state index in [9.17, 15) is 13.2 Å². The molecule has 9 heteroatoms. The molecule has 3 rings (SSSR count). The predicted octanol–water partition coefficient (Wildman–Crippen LogP) is 0.565. The number of hydrogen-bond donors (Lipinski definition) is 1. The Morgan fingerprint density at radius 1 is 1.20 bits per heavy atom. The Morgan fingerprint density at radius 2 is 1.92 bits per heavy atom. The van der Waals surface area contributed by atoms with Gasteiger partial charge in [-0.25, -0.2) is 8.42 Å². The summed E-state index contributed by atoms with van der Waals surface area (Å²) in [6.45, 7) is 2.46. The molecular formula is C16H21ClN4O3S. The van der Waals surface area contributed by atoms with Crippen molar-refractivity contribution in [2.75, 3.05) is 32.7 Å². The maximum Gasteiger partial charge on any atom is 0.243 e. The van der Waals surface area contributed by atoms with Gasteiger partial charge in [0.15, 0.2) is 0 Å². The van der Waals surface area contributed by atoms with E-state index >= 15 is 0 Å². The summed E-state index contributed by atoms with van der Waals surface area (Å²) in [5.74, 6) is 0.0314. The SMILES string of the molecule is Cl.N#Cc1ccc(S(=O)(=O)N2CCCC(N3CCNCC3=O)C2)cc1. The second-order valence-electron chi connectivity index (χ2n) is 6.06. The number of nitrogens with zero attached hydrogens (tertiary/aromatic N) is 3. The summed E-state index contributed by atoms with van der Waals surface area (Å²) >= 11 is 0. The minimum atomic E-state index is -3.61. The molecule has 0 radical (unpaired) electrons. The third-order valence-electron chi connectivity index (χ3n) is 4.55. The van der Waals surface area contributed by atoms with Gasteiger partial charge in [0.1, 0.15) is 0 Å². The number of piperidine rings is 1. The molecule has 2 aliphatic heterocycles. The summed E-state index contributed by atoms with van der Waals surface area (Å²) in [5, 5.41) is 11.9. The predicted molar refractivity (Wildman–Crippen MR) is 94.8 cm³/mol. The monoisotopic (exact) mass is 384 g/mol. The molecule has 0 saturated carbocycles. The number of nitriles is 1. The van der Waals surface area contributed by atoms with E-state index in [1.165, 1.54) is 28.6 Å². The molecule has 0 aliphatic carbocycles. The molecule has 1 aromatic rings. The number of piperazine rings is 1. The van der Waals surface area contributed by atoms with Gasteiger partial charge in [-0.1, -0.05) is 0 Å². The van der Waals surface area contributed by atoms with Crippen molar-refractivity contribution in [3.8, 4) is 6.07 Å². The van der Waals surface area contributed by atoms with E-state index in [4.69, 9.17) is 5.26 Å². The maximum atomic E-state index is 12.8. The van der Waals surface area contributed by atoms with Crippen LogP contribution in [-0.4, -0.2) is 62.3 Å². The fourth-order valence-electron chi connectivity index (χ4n) is 3.25. The quantitative estimate of drug-likeness (QED) is 0.822. The Hall–Kier alpha value is -1.66. The van der Waals surface area contributed by atoms with E-state index in [2.05, 4.69) is 5.32 Å². The van der Waals surface area contributed by atoms with Gasteiger partial charge in [-0.3, -0.25) is 4.79 Å². The van der Waals surface area contributed by atoms with Crippen molar-refractivity contribution in [3.63, 3.8) is 0 Å². The van der Waals surface area contributed by atoms with Crippen LogP contribution in [0.3, 0.4) is 0 Å². The summed E-state index contributed by atoms with van der Waals surface area (Å²) in [5.41, 5.74) is 0.428. The molecule has 0 spiro atoms. The maximum absolute atomic E-state index is 12.8. The van der Waals surface area contributed by atoms with Crippen LogP contribution in [0.5, 0.6) is 0 Å². The van der Waals surface area contributed by atoms with Crippen LogP contribution in [0.2, 0.25) is 0 Å². The van der Waals surface area contributed by atoms with Crippen molar-refractivity contribution in [2.24, 2.45) is 0 Å². The molecule has 2 heterocycles. The van der Waals surface area contributed by atoms with Crippen molar-refractivity contribution in [3.05, 3.63) is 29.8 Å². The number of hydrogen-bond acceptors (Lipinski definition) is 5. The van der Waals surface area contributed by atoms with Crippen LogP contribution in [0, 0.1) is 11.3 Å². The highest BCUT2D eigenvalue weighted by atomic mass is 35.5. The molecule has 1 unspecified atom stereocenters. The lowest BCUT2D eigenvalue weighted by atomic mass is 10.1. The molecule has 0 aromatic heterocycles. The Morgan fingerprint density at radius 3 is 2.56 bits per heavy atom. The topological polar surface area (TPSA) is 93.5 Å². The zero-order chi connectivity index (χ0) is 17.2. The van der Waals surface area contributed by atoms with Crippen LogP contribution in [0.4, 0.5) is 0 Å². The largest absolute Gasteiger partial charge is 0.336 e. The van der Waals surface area contributed by atoms with Crippen LogP contribution >= 0.6 is 12.4 Å². The number of benzene rings is 1. The summed E-state index contributed by atoms with van der Waals surface area (Å²) < 4.78 is 27.1. The Bertz CT molecular complexity index is 761. The number of rotatable bonds is 3. The molecule has 136 valence electrons. The standard InChI is InChI=1S/C16H20N4O3S.ClH/c17-10-13-3-5-15(6-4-13)24(22,23)19-8-1-2-14(12-19)20-9-7-18-11-16(20)21;/h3-6,14,18H,1-2,7-9,11-12H2;1H. The van der Waals surface area contributed by atoms with E-state index in [0.717, 1.165) is 19.4 Å². The molecule has 25 heavy (non-hydrogen) atoms. The number of nitrogens with one attached hydrogen (secondary N) is 1. The van der Waals surface area contributed by atoms with Gasteiger partial charge in [-0.05, 0) is 37.1 Å². The molecule has 1 amide bonds. The average molecular weight is 385 g/mol. The van der Waals surface area contributed by atoms with Crippen molar-refractivity contribution >= 4 is 28.3 Å². The first-order valence-electron chi connectivity index (χ1n) is 8.03. The number of halogens is 1. The molecule has 2 fully saturated rings. The fourth-order valence-corrected chi connectivity index (χ4v) is 4.77. The van der Waals surface area contributed by atoms with E-state index < -0.39 is 10.0 Å². The van der Waals surface area contributed by atoms with Crippen molar-refractivity contribution in [1.29, 1.82) is 5.26 Å². The first kappa shape index (κ1) is 19.7. The first-order chi connectivity index (χ1) is 11.5. The van der Waals surface area contributed by atoms with Gasteiger partial charge in [0.25, 0.3) is 0 Å². The van der Waals surface area contributed by atoms with Gasteiger partial charge >= 0.3 is 0 Å². The molecule has 2 aliphatic rings. The minimum Gasteiger partial charge on any atom is -0.336 e. The Kier molecular flexibility index (Phi) is 6.41. The zero-order valence-electron chi connectivity index (χ0n) is 13.7. The molecular weight excluding hydrogens is 364 g/mol. The second kappa shape index (κ2) is 8.15. The summed E-state index contributed by atoms with van der Waals surface area (Å²) in [4.78, 5) is 14.0. The molecule has 1 N–H and O–H groups in total. The average Bonchev–Trinajstić information content (AvgIpc) is 2.62.